The van der Waals surface area contributed by atoms with Crippen LogP contribution in [0.4, 0.5) is 0 Å². The first kappa shape index (κ1) is 26.4. The summed E-state index contributed by atoms with van der Waals surface area (Å²) in [6.07, 6.45) is 29.6. The van der Waals surface area contributed by atoms with Gasteiger partial charge in [0, 0.05) is 5.92 Å². The molecule has 0 aromatic carbocycles. The van der Waals surface area contributed by atoms with Gasteiger partial charge in [-0.1, -0.05) is 135 Å². The number of unbranched alkanes of at least 4 members (excludes halogenated alkanes) is 18. The van der Waals surface area contributed by atoms with E-state index in [1.54, 1.807) is 0 Å². The van der Waals surface area contributed by atoms with Gasteiger partial charge >= 0.3 is 0 Å². The quantitative estimate of drug-likeness (QED) is 0.130. The molecular weight excluding hydrogens is 352 g/mol. The van der Waals surface area contributed by atoms with E-state index in [9.17, 15) is 4.79 Å². The number of rotatable bonds is 22. The summed E-state index contributed by atoms with van der Waals surface area (Å²) in [5.41, 5.74) is 0.755. The van der Waals surface area contributed by atoms with Crippen molar-refractivity contribution in [2.24, 2.45) is 11.8 Å². The summed E-state index contributed by atoms with van der Waals surface area (Å²) in [6.45, 7) is 7.94. The molecule has 1 nitrogen and oxygen atoms in total. The highest BCUT2D eigenvalue weighted by atomic mass is 16.1. The lowest BCUT2D eigenvalue weighted by Crippen LogP contribution is -2.02. The number of allylic oxidation sites excluding steroid dienone is 1. The molecule has 0 heterocycles. The zero-order chi connectivity index (χ0) is 21.2. The number of hydrogen-bond acceptors (Lipinski definition) is 1. The molecule has 0 bridgehead atoms. The van der Waals surface area contributed by atoms with Crippen LogP contribution in [0.25, 0.3) is 0 Å². The second kappa shape index (κ2) is 18.2. The van der Waals surface area contributed by atoms with Gasteiger partial charge in [-0.05, 0) is 31.3 Å². The second-order valence-electron chi connectivity index (χ2n) is 9.90. The maximum atomic E-state index is 11.8. The highest BCUT2D eigenvalue weighted by Crippen LogP contribution is 2.44. The molecule has 1 fully saturated rings. The highest BCUT2D eigenvalue weighted by molar-refractivity contribution is 5.97. The van der Waals surface area contributed by atoms with E-state index in [-0.39, 0.29) is 0 Å². The van der Waals surface area contributed by atoms with E-state index in [2.05, 4.69) is 13.5 Å². The molecule has 0 N–H and O–H groups in total. The third-order valence-corrected chi connectivity index (χ3v) is 6.86. The molecule has 170 valence electrons. The van der Waals surface area contributed by atoms with Gasteiger partial charge in [0.2, 0.25) is 0 Å². The number of hydrogen-bond donors (Lipinski definition) is 0. The normalized spacial score (nSPS) is 18.1. The standard InChI is InChI=1S/C28H52O/c1-4-5-6-7-8-9-10-11-12-13-14-15-16-17-18-19-20-21-22-23-26-24-27(26)28(29)25(2)3/h26-27H,2,4-24H2,1,3H3. The summed E-state index contributed by atoms with van der Waals surface area (Å²) in [5.74, 6) is 1.35. The van der Waals surface area contributed by atoms with E-state index in [1.165, 1.54) is 128 Å². The fraction of sp³-hybridized carbons (Fsp3) is 0.893. The smallest absolute Gasteiger partial charge is 0.161 e. The van der Waals surface area contributed by atoms with Gasteiger partial charge in [-0.3, -0.25) is 4.79 Å². The van der Waals surface area contributed by atoms with Crippen LogP contribution in [0.5, 0.6) is 0 Å². The minimum Gasteiger partial charge on any atom is -0.294 e. The van der Waals surface area contributed by atoms with Crippen LogP contribution in [0, 0.1) is 11.8 Å². The lowest BCUT2D eigenvalue weighted by atomic mass is 10.0. The van der Waals surface area contributed by atoms with Crippen molar-refractivity contribution in [2.45, 2.75) is 149 Å². The van der Waals surface area contributed by atoms with Crippen LogP contribution < -0.4 is 0 Å². The summed E-state index contributed by atoms with van der Waals surface area (Å²) in [6, 6.07) is 0. The highest BCUT2D eigenvalue weighted by Gasteiger charge is 2.41. The zero-order valence-electron chi connectivity index (χ0n) is 20.1. The predicted molar refractivity (Wildman–Crippen MR) is 129 cm³/mol. The molecule has 1 aliphatic rings. The van der Waals surface area contributed by atoms with E-state index >= 15 is 0 Å². The minimum atomic E-state index is 0.327. The first-order valence-electron chi connectivity index (χ1n) is 13.4. The van der Waals surface area contributed by atoms with Crippen molar-refractivity contribution in [1.82, 2.24) is 0 Å². The summed E-state index contributed by atoms with van der Waals surface area (Å²) >= 11 is 0. The lowest BCUT2D eigenvalue weighted by molar-refractivity contribution is -0.116. The Morgan fingerprint density at radius 3 is 1.34 bits per heavy atom. The van der Waals surface area contributed by atoms with Crippen molar-refractivity contribution >= 4 is 5.78 Å². The number of carbonyl (C=O) groups is 1. The number of Topliss-reactive ketones (excluding diaryl/α,β-unsaturated/α-hetero) is 1. The Balaban J connectivity index is 1.69. The second-order valence-corrected chi connectivity index (χ2v) is 9.90. The van der Waals surface area contributed by atoms with Gasteiger partial charge in [-0.15, -0.1) is 0 Å². The molecule has 0 aromatic heterocycles. The van der Waals surface area contributed by atoms with Crippen molar-refractivity contribution in [3.63, 3.8) is 0 Å². The topological polar surface area (TPSA) is 17.1 Å². The third-order valence-electron chi connectivity index (χ3n) is 6.86. The van der Waals surface area contributed by atoms with Crippen LogP contribution in [-0.4, -0.2) is 5.78 Å². The molecule has 0 radical (unpaired) electrons. The van der Waals surface area contributed by atoms with Gasteiger partial charge in [0.15, 0.2) is 5.78 Å². The van der Waals surface area contributed by atoms with Crippen molar-refractivity contribution < 1.29 is 4.79 Å². The molecule has 1 saturated carbocycles. The molecule has 1 rings (SSSR count). The number of carbonyl (C=O) groups excluding carboxylic acids is 1. The Hall–Kier alpha value is -0.590. The van der Waals surface area contributed by atoms with Crippen LogP contribution in [0.2, 0.25) is 0 Å². The lowest BCUT2D eigenvalue weighted by Gasteiger charge is -2.04. The predicted octanol–water partition coefficient (Wildman–Crippen LogP) is 9.59. The molecule has 1 aliphatic carbocycles. The summed E-state index contributed by atoms with van der Waals surface area (Å²) in [7, 11) is 0. The van der Waals surface area contributed by atoms with Crippen molar-refractivity contribution in [3.05, 3.63) is 12.2 Å². The molecule has 0 aromatic rings. The Morgan fingerprint density at radius 1 is 0.655 bits per heavy atom. The molecule has 0 aliphatic heterocycles. The molecule has 29 heavy (non-hydrogen) atoms. The summed E-state index contributed by atoms with van der Waals surface area (Å²) < 4.78 is 0. The van der Waals surface area contributed by atoms with Crippen LogP contribution in [0.15, 0.2) is 12.2 Å². The largest absolute Gasteiger partial charge is 0.294 e. The van der Waals surface area contributed by atoms with Crippen LogP contribution in [0.3, 0.4) is 0 Å². The van der Waals surface area contributed by atoms with E-state index < -0.39 is 0 Å². The van der Waals surface area contributed by atoms with E-state index in [0.29, 0.717) is 17.6 Å². The molecule has 2 atom stereocenters. The Labute approximate surface area is 183 Å². The monoisotopic (exact) mass is 404 g/mol. The maximum absolute atomic E-state index is 11.8. The molecule has 0 spiro atoms. The Bertz CT molecular complexity index is 411. The Kier molecular flexibility index (Phi) is 16.6. The van der Waals surface area contributed by atoms with E-state index in [1.807, 2.05) is 6.92 Å². The molecular formula is C28H52O. The van der Waals surface area contributed by atoms with Crippen molar-refractivity contribution in [2.75, 3.05) is 0 Å². The Morgan fingerprint density at radius 2 is 1.00 bits per heavy atom. The average molecular weight is 405 g/mol. The first-order valence-corrected chi connectivity index (χ1v) is 13.4. The van der Waals surface area contributed by atoms with Gasteiger partial charge in [0.1, 0.15) is 0 Å². The fourth-order valence-corrected chi connectivity index (χ4v) is 4.69. The zero-order valence-corrected chi connectivity index (χ0v) is 20.1. The van der Waals surface area contributed by atoms with Gasteiger partial charge in [0.25, 0.3) is 0 Å². The average Bonchev–Trinajstić information content (AvgIpc) is 3.48. The van der Waals surface area contributed by atoms with Gasteiger partial charge in [0.05, 0.1) is 0 Å². The van der Waals surface area contributed by atoms with Crippen molar-refractivity contribution in [3.8, 4) is 0 Å². The fourth-order valence-electron chi connectivity index (χ4n) is 4.69. The summed E-state index contributed by atoms with van der Waals surface area (Å²) in [4.78, 5) is 11.8. The van der Waals surface area contributed by atoms with E-state index in [4.69, 9.17) is 0 Å². The number of ketones is 1. The first-order chi connectivity index (χ1) is 14.2. The van der Waals surface area contributed by atoms with E-state index in [0.717, 1.165) is 12.0 Å². The third kappa shape index (κ3) is 14.9. The van der Waals surface area contributed by atoms with Crippen LogP contribution in [-0.2, 0) is 4.79 Å². The minimum absolute atomic E-state index is 0.327. The van der Waals surface area contributed by atoms with Crippen molar-refractivity contribution in [1.29, 1.82) is 0 Å². The van der Waals surface area contributed by atoms with Gasteiger partial charge < -0.3 is 0 Å². The van der Waals surface area contributed by atoms with Gasteiger partial charge in [-0.2, -0.15) is 0 Å². The maximum Gasteiger partial charge on any atom is 0.161 e. The van der Waals surface area contributed by atoms with Gasteiger partial charge in [-0.25, -0.2) is 0 Å². The SMILES string of the molecule is C=C(C)C(=O)C1CC1CCCCCCCCCCCCCCCCCCCCC. The summed E-state index contributed by atoms with van der Waals surface area (Å²) in [5, 5.41) is 0. The molecule has 0 saturated heterocycles. The van der Waals surface area contributed by atoms with Crippen LogP contribution >= 0.6 is 0 Å². The molecule has 2 unspecified atom stereocenters. The molecule has 1 heteroatoms. The molecule has 0 amide bonds. The van der Waals surface area contributed by atoms with Crippen LogP contribution in [0.1, 0.15) is 149 Å².